The Balaban J connectivity index is 1.60. The Hall–Kier alpha value is -3.21. The number of carbonyl (C=O) groups is 1. The van der Waals surface area contributed by atoms with Crippen LogP contribution in [0.2, 0.25) is 0 Å². The van der Waals surface area contributed by atoms with Gasteiger partial charge in [0.25, 0.3) is 5.91 Å². The molecule has 4 nitrogen and oxygen atoms in total. The first-order chi connectivity index (χ1) is 13.6. The summed E-state index contributed by atoms with van der Waals surface area (Å²) in [6.07, 6.45) is 1.51. The summed E-state index contributed by atoms with van der Waals surface area (Å²) in [6.45, 7) is 6.63. The van der Waals surface area contributed by atoms with Gasteiger partial charge in [-0.15, -0.1) is 0 Å². The van der Waals surface area contributed by atoms with Crippen molar-refractivity contribution in [3.8, 4) is 11.3 Å². The fourth-order valence-electron chi connectivity index (χ4n) is 3.04. The van der Waals surface area contributed by atoms with E-state index in [1.807, 2.05) is 12.1 Å². The Labute approximate surface area is 165 Å². The van der Waals surface area contributed by atoms with Gasteiger partial charge in [-0.1, -0.05) is 24.3 Å². The largest absolute Gasteiger partial charge is 0.372 e. The van der Waals surface area contributed by atoms with E-state index in [0.717, 1.165) is 18.7 Å². The topological polar surface area (TPSA) is 45.2 Å². The van der Waals surface area contributed by atoms with Crippen LogP contribution in [0.1, 0.15) is 29.8 Å². The van der Waals surface area contributed by atoms with E-state index in [-0.39, 0.29) is 11.7 Å². The minimum atomic E-state index is -0.312. The van der Waals surface area contributed by atoms with Crippen LogP contribution in [0, 0.1) is 5.82 Å². The van der Waals surface area contributed by atoms with Gasteiger partial charge in [-0.2, -0.15) is 0 Å². The van der Waals surface area contributed by atoms with E-state index in [1.165, 1.54) is 24.0 Å². The average molecular weight is 377 g/mol. The first kappa shape index (κ1) is 19.5. The fraction of sp³-hybridized carbons (Fsp3) is 0.217. The summed E-state index contributed by atoms with van der Waals surface area (Å²) in [5.74, 6) is -0.501. The highest BCUT2D eigenvalue weighted by atomic mass is 19.1. The molecular formula is C23H24FN3O. The molecule has 1 amide bonds. The van der Waals surface area contributed by atoms with Gasteiger partial charge in [-0.25, -0.2) is 4.39 Å². The van der Waals surface area contributed by atoms with Crippen LogP contribution in [0.4, 0.5) is 10.1 Å². The van der Waals surface area contributed by atoms with E-state index in [2.05, 4.69) is 41.2 Å². The quantitative estimate of drug-likeness (QED) is 0.651. The number of nitrogens with one attached hydrogen (secondary N) is 1. The molecule has 0 fully saturated rings. The lowest BCUT2D eigenvalue weighted by Gasteiger charge is -2.21. The Kier molecular flexibility index (Phi) is 6.37. The number of rotatable bonds is 7. The lowest BCUT2D eigenvalue weighted by atomic mass is 10.1. The molecular weight excluding hydrogens is 353 g/mol. The second-order valence-corrected chi connectivity index (χ2v) is 6.46. The zero-order valence-corrected chi connectivity index (χ0v) is 16.2. The van der Waals surface area contributed by atoms with Crippen molar-refractivity contribution in [1.82, 2.24) is 10.3 Å². The molecule has 0 aliphatic rings. The highest BCUT2D eigenvalue weighted by Gasteiger charge is 2.08. The van der Waals surface area contributed by atoms with Gasteiger partial charge in [-0.3, -0.25) is 9.78 Å². The van der Waals surface area contributed by atoms with Crippen molar-refractivity contribution < 1.29 is 9.18 Å². The Bertz CT molecular complexity index is 919. The Morgan fingerprint density at radius 3 is 2.39 bits per heavy atom. The first-order valence-electron chi connectivity index (χ1n) is 9.44. The van der Waals surface area contributed by atoms with E-state index in [1.54, 1.807) is 24.3 Å². The molecule has 0 aliphatic carbocycles. The summed E-state index contributed by atoms with van der Waals surface area (Å²) in [7, 11) is 0. The molecule has 5 heteroatoms. The molecule has 0 spiro atoms. The number of carbonyl (C=O) groups excluding carboxylic acids is 1. The van der Waals surface area contributed by atoms with Gasteiger partial charge in [-0.05, 0) is 55.8 Å². The van der Waals surface area contributed by atoms with E-state index in [9.17, 15) is 9.18 Å². The minimum Gasteiger partial charge on any atom is -0.372 e. The van der Waals surface area contributed by atoms with Crippen LogP contribution in [0.25, 0.3) is 11.3 Å². The predicted octanol–water partition coefficient (Wildman–Crippen LogP) is 4.66. The smallest absolute Gasteiger partial charge is 0.253 e. The van der Waals surface area contributed by atoms with Crippen molar-refractivity contribution >= 4 is 11.6 Å². The maximum absolute atomic E-state index is 13.3. The van der Waals surface area contributed by atoms with E-state index >= 15 is 0 Å². The summed E-state index contributed by atoms with van der Waals surface area (Å²) in [5, 5.41) is 2.91. The van der Waals surface area contributed by atoms with E-state index in [4.69, 9.17) is 0 Å². The molecule has 144 valence electrons. The van der Waals surface area contributed by atoms with Gasteiger partial charge in [0.15, 0.2) is 0 Å². The molecule has 3 aromatic rings. The number of hydrogen-bond acceptors (Lipinski definition) is 3. The third-order valence-corrected chi connectivity index (χ3v) is 4.66. The van der Waals surface area contributed by atoms with Gasteiger partial charge < -0.3 is 10.2 Å². The second kappa shape index (κ2) is 9.13. The standard InChI is InChI=1S/C23H24FN3O/c1-3-27(4-2)21-11-8-17(9-12-21)15-26-23(28)19-10-13-22(25-16-19)18-6-5-7-20(24)14-18/h5-14,16H,3-4,15H2,1-2H3,(H,26,28). The van der Waals surface area contributed by atoms with Gasteiger partial charge in [0.1, 0.15) is 5.82 Å². The summed E-state index contributed by atoms with van der Waals surface area (Å²) in [4.78, 5) is 18.9. The monoisotopic (exact) mass is 377 g/mol. The molecule has 1 aromatic heterocycles. The zero-order chi connectivity index (χ0) is 19.9. The molecule has 0 atom stereocenters. The highest BCUT2D eigenvalue weighted by Crippen LogP contribution is 2.18. The summed E-state index contributed by atoms with van der Waals surface area (Å²) in [5.41, 5.74) is 3.99. The number of halogens is 1. The minimum absolute atomic E-state index is 0.189. The first-order valence-corrected chi connectivity index (χ1v) is 9.44. The number of nitrogens with zero attached hydrogens (tertiary/aromatic N) is 2. The zero-order valence-electron chi connectivity index (χ0n) is 16.2. The third kappa shape index (κ3) is 4.74. The normalized spacial score (nSPS) is 10.5. The van der Waals surface area contributed by atoms with Crippen molar-refractivity contribution in [3.05, 3.63) is 83.8 Å². The molecule has 1 heterocycles. The lowest BCUT2D eigenvalue weighted by molar-refractivity contribution is 0.0950. The molecule has 2 aromatic carbocycles. The summed E-state index contributed by atoms with van der Waals surface area (Å²) >= 11 is 0. The molecule has 0 radical (unpaired) electrons. The number of benzene rings is 2. The SMILES string of the molecule is CCN(CC)c1ccc(CNC(=O)c2ccc(-c3cccc(F)c3)nc2)cc1. The van der Waals surface area contributed by atoms with Crippen LogP contribution in [0.15, 0.2) is 66.9 Å². The van der Waals surface area contributed by atoms with Crippen LogP contribution in [-0.2, 0) is 6.54 Å². The van der Waals surface area contributed by atoms with Crippen molar-refractivity contribution in [2.24, 2.45) is 0 Å². The molecule has 1 N–H and O–H groups in total. The second-order valence-electron chi connectivity index (χ2n) is 6.46. The number of pyridine rings is 1. The van der Waals surface area contributed by atoms with E-state index < -0.39 is 0 Å². The average Bonchev–Trinajstić information content (AvgIpc) is 2.74. The summed E-state index contributed by atoms with van der Waals surface area (Å²) in [6, 6.07) is 17.9. The summed E-state index contributed by atoms with van der Waals surface area (Å²) < 4.78 is 13.3. The maximum atomic E-state index is 13.3. The maximum Gasteiger partial charge on any atom is 0.253 e. The number of hydrogen-bond donors (Lipinski definition) is 1. The van der Waals surface area contributed by atoms with Crippen LogP contribution < -0.4 is 10.2 Å². The van der Waals surface area contributed by atoms with Gasteiger partial charge >= 0.3 is 0 Å². The van der Waals surface area contributed by atoms with Crippen molar-refractivity contribution in [2.45, 2.75) is 20.4 Å². The number of anilines is 1. The molecule has 0 bridgehead atoms. The fourth-order valence-corrected chi connectivity index (χ4v) is 3.04. The Morgan fingerprint density at radius 2 is 1.79 bits per heavy atom. The van der Waals surface area contributed by atoms with Gasteiger partial charge in [0.2, 0.25) is 0 Å². The van der Waals surface area contributed by atoms with Crippen LogP contribution >= 0.6 is 0 Å². The molecule has 28 heavy (non-hydrogen) atoms. The highest BCUT2D eigenvalue weighted by molar-refractivity contribution is 5.94. The molecule has 0 saturated heterocycles. The lowest BCUT2D eigenvalue weighted by Crippen LogP contribution is -2.23. The van der Waals surface area contributed by atoms with Gasteiger partial charge in [0, 0.05) is 37.1 Å². The van der Waals surface area contributed by atoms with E-state index in [0.29, 0.717) is 23.4 Å². The third-order valence-electron chi connectivity index (χ3n) is 4.66. The van der Waals surface area contributed by atoms with Crippen molar-refractivity contribution in [3.63, 3.8) is 0 Å². The molecule has 0 aliphatic heterocycles. The molecule has 3 rings (SSSR count). The van der Waals surface area contributed by atoms with Crippen LogP contribution in [-0.4, -0.2) is 24.0 Å². The molecule has 0 unspecified atom stereocenters. The molecule has 0 saturated carbocycles. The van der Waals surface area contributed by atoms with Crippen molar-refractivity contribution in [2.75, 3.05) is 18.0 Å². The Morgan fingerprint density at radius 1 is 1.04 bits per heavy atom. The van der Waals surface area contributed by atoms with Crippen LogP contribution in [0.5, 0.6) is 0 Å². The number of aromatic nitrogens is 1. The van der Waals surface area contributed by atoms with Crippen LogP contribution in [0.3, 0.4) is 0 Å². The predicted molar refractivity (Wildman–Crippen MR) is 111 cm³/mol. The van der Waals surface area contributed by atoms with Gasteiger partial charge in [0.05, 0.1) is 11.3 Å². The number of amides is 1. The van der Waals surface area contributed by atoms with Crippen molar-refractivity contribution in [1.29, 1.82) is 0 Å².